The van der Waals surface area contributed by atoms with Crippen molar-refractivity contribution in [1.29, 1.82) is 0 Å². The number of thiophene rings is 1. The van der Waals surface area contributed by atoms with E-state index in [9.17, 15) is 9.59 Å². The minimum atomic E-state index is -0.825. The molecular formula is C20H19NO3S. The number of fused-ring (bicyclic) bond motifs is 1. The molecule has 5 heteroatoms. The summed E-state index contributed by atoms with van der Waals surface area (Å²) in [7, 11) is 0. The number of carbonyl (C=O) groups excluding carboxylic acids is 2. The third-order valence-electron chi connectivity index (χ3n) is 3.84. The van der Waals surface area contributed by atoms with Crippen LogP contribution < -0.4 is 5.32 Å². The lowest BCUT2D eigenvalue weighted by molar-refractivity contribution is -0.129. The van der Waals surface area contributed by atoms with Crippen LogP contribution in [0.15, 0.2) is 60.7 Å². The lowest BCUT2D eigenvalue weighted by Crippen LogP contribution is -2.36. The quantitative estimate of drug-likeness (QED) is 0.686. The average Bonchev–Trinajstić information content (AvgIpc) is 3.07. The molecule has 1 amide bonds. The van der Waals surface area contributed by atoms with Crippen molar-refractivity contribution in [3.05, 3.63) is 71.1 Å². The second-order valence-corrected chi connectivity index (χ2v) is 6.81. The summed E-state index contributed by atoms with van der Waals surface area (Å²) in [6.07, 6.45) is -0.0858. The molecule has 2 aromatic carbocycles. The molecule has 0 spiro atoms. The number of carbonyl (C=O) groups is 2. The lowest BCUT2D eigenvalue weighted by atomic mass is 10.1. The molecule has 0 saturated carbocycles. The van der Waals surface area contributed by atoms with Gasteiger partial charge in [-0.15, -0.1) is 11.3 Å². The van der Waals surface area contributed by atoms with Gasteiger partial charge in [-0.3, -0.25) is 4.79 Å². The zero-order chi connectivity index (χ0) is 17.6. The first-order valence-electron chi connectivity index (χ1n) is 8.14. The molecule has 0 unspecified atom stereocenters. The number of rotatable bonds is 6. The highest BCUT2D eigenvalue weighted by Crippen LogP contribution is 2.26. The summed E-state index contributed by atoms with van der Waals surface area (Å²) >= 11 is 1.37. The number of hydrogen-bond donors (Lipinski definition) is 1. The van der Waals surface area contributed by atoms with Crippen LogP contribution in [0.25, 0.3) is 10.1 Å². The first kappa shape index (κ1) is 17.2. The third kappa shape index (κ3) is 4.45. The normalized spacial score (nSPS) is 11.9. The van der Waals surface area contributed by atoms with Gasteiger partial charge >= 0.3 is 5.97 Å². The summed E-state index contributed by atoms with van der Waals surface area (Å²) in [5.74, 6) is -0.752. The fourth-order valence-corrected chi connectivity index (χ4v) is 3.42. The molecule has 0 aliphatic carbocycles. The van der Waals surface area contributed by atoms with Gasteiger partial charge in [0, 0.05) is 11.2 Å². The monoisotopic (exact) mass is 353 g/mol. The zero-order valence-corrected chi connectivity index (χ0v) is 14.7. The molecule has 4 nitrogen and oxygen atoms in total. The van der Waals surface area contributed by atoms with Crippen molar-refractivity contribution in [2.75, 3.05) is 6.54 Å². The molecular weight excluding hydrogens is 334 g/mol. The van der Waals surface area contributed by atoms with E-state index in [0.717, 1.165) is 22.1 Å². The van der Waals surface area contributed by atoms with Crippen LogP contribution in [-0.2, 0) is 16.0 Å². The maximum Gasteiger partial charge on any atom is 0.349 e. The minimum absolute atomic E-state index is 0.287. The largest absolute Gasteiger partial charge is 0.448 e. The molecule has 0 aliphatic rings. The van der Waals surface area contributed by atoms with Gasteiger partial charge in [0.15, 0.2) is 6.10 Å². The van der Waals surface area contributed by atoms with Gasteiger partial charge in [0.2, 0.25) is 0 Å². The van der Waals surface area contributed by atoms with Crippen molar-refractivity contribution < 1.29 is 14.3 Å². The van der Waals surface area contributed by atoms with Crippen LogP contribution in [0.2, 0.25) is 0 Å². The van der Waals surface area contributed by atoms with E-state index in [1.54, 1.807) is 13.0 Å². The van der Waals surface area contributed by atoms with E-state index in [-0.39, 0.29) is 5.91 Å². The summed E-state index contributed by atoms with van der Waals surface area (Å²) in [6, 6.07) is 19.5. The Bertz CT molecular complexity index is 840. The molecule has 3 rings (SSSR count). The molecule has 128 valence electrons. The van der Waals surface area contributed by atoms with Crippen LogP contribution in [0.5, 0.6) is 0 Å². The third-order valence-corrected chi connectivity index (χ3v) is 4.93. The van der Waals surface area contributed by atoms with Gasteiger partial charge in [-0.25, -0.2) is 4.79 Å². The van der Waals surface area contributed by atoms with Gasteiger partial charge in [-0.05, 0) is 36.4 Å². The molecule has 25 heavy (non-hydrogen) atoms. The van der Waals surface area contributed by atoms with Crippen molar-refractivity contribution in [1.82, 2.24) is 5.32 Å². The minimum Gasteiger partial charge on any atom is -0.448 e. The van der Waals surface area contributed by atoms with Crippen LogP contribution in [0.3, 0.4) is 0 Å². The second kappa shape index (κ2) is 7.94. The Kier molecular flexibility index (Phi) is 5.46. The molecule has 0 aliphatic heterocycles. The summed E-state index contributed by atoms with van der Waals surface area (Å²) < 4.78 is 6.31. The summed E-state index contributed by atoms with van der Waals surface area (Å²) in [5, 5.41) is 3.80. The smallest absolute Gasteiger partial charge is 0.349 e. The molecule has 0 saturated heterocycles. The van der Waals surface area contributed by atoms with Gasteiger partial charge in [-0.2, -0.15) is 0 Å². The fourth-order valence-electron chi connectivity index (χ4n) is 2.47. The number of ether oxygens (including phenoxy) is 1. The summed E-state index contributed by atoms with van der Waals surface area (Å²) in [4.78, 5) is 24.8. The van der Waals surface area contributed by atoms with Crippen molar-refractivity contribution >= 4 is 33.3 Å². The second-order valence-electron chi connectivity index (χ2n) is 5.72. The molecule has 1 heterocycles. The maximum atomic E-state index is 12.2. The predicted octanol–water partition coefficient (Wildman–Crippen LogP) is 3.81. The number of amides is 1. The Morgan fingerprint density at radius 3 is 2.56 bits per heavy atom. The lowest BCUT2D eigenvalue weighted by Gasteiger charge is -2.13. The Morgan fingerprint density at radius 1 is 1.08 bits per heavy atom. The number of esters is 1. The predicted molar refractivity (Wildman–Crippen MR) is 99.9 cm³/mol. The molecule has 0 bridgehead atoms. The first-order valence-corrected chi connectivity index (χ1v) is 8.96. The number of nitrogens with one attached hydrogen (secondary N) is 1. The molecule has 1 N–H and O–H groups in total. The van der Waals surface area contributed by atoms with Gasteiger partial charge < -0.3 is 10.1 Å². The maximum absolute atomic E-state index is 12.2. The van der Waals surface area contributed by atoms with Crippen molar-refractivity contribution in [2.24, 2.45) is 0 Å². The Morgan fingerprint density at radius 2 is 1.80 bits per heavy atom. The Hall–Kier alpha value is -2.66. The highest BCUT2D eigenvalue weighted by Gasteiger charge is 2.20. The summed E-state index contributed by atoms with van der Waals surface area (Å²) in [6.45, 7) is 2.09. The standard InChI is InChI=1S/C20H19NO3S/c1-14(19(22)21-12-11-15-7-3-2-4-8-15)24-20(23)18-13-16-9-5-6-10-17(16)25-18/h2-10,13-14H,11-12H2,1H3,(H,21,22)/t14-/m1/s1. The van der Waals surface area contributed by atoms with E-state index in [0.29, 0.717) is 11.4 Å². The van der Waals surface area contributed by atoms with Crippen LogP contribution in [0.1, 0.15) is 22.2 Å². The van der Waals surface area contributed by atoms with E-state index in [1.165, 1.54) is 11.3 Å². The molecule has 1 aromatic heterocycles. The molecule has 3 aromatic rings. The van der Waals surface area contributed by atoms with E-state index in [1.807, 2.05) is 54.6 Å². The van der Waals surface area contributed by atoms with Crippen LogP contribution in [0.4, 0.5) is 0 Å². The van der Waals surface area contributed by atoms with Gasteiger partial charge in [0.05, 0.1) is 0 Å². The topological polar surface area (TPSA) is 55.4 Å². The van der Waals surface area contributed by atoms with Gasteiger partial charge in [0.1, 0.15) is 4.88 Å². The average molecular weight is 353 g/mol. The van der Waals surface area contributed by atoms with Crippen LogP contribution >= 0.6 is 11.3 Å². The van der Waals surface area contributed by atoms with Crippen molar-refractivity contribution in [2.45, 2.75) is 19.4 Å². The van der Waals surface area contributed by atoms with Crippen molar-refractivity contribution in [3.8, 4) is 0 Å². The zero-order valence-electron chi connectivity index (χ0n) is 13.9. The van der Waals surface area contributed by atoms with Crippen LogP contribution in [0, 0.1) is 0 Å². The Balaban J connectivity index is 1.51. The fraction of sp³-hybridized carbons (Fsp3) is 0.200. The highest BCUT2D eigenvalue weighted by atomic mass is 32.1. The Labute approximate surface area is 150 Å². The molecule has 0 radical (unpaired) electrons. The first-order chi connectivity index (χ1) is 12.1. The van der Waals surface area contributed by atoms with Gasteiger partial charge in [0.25, 0.3) is 5.91 Å². The number of hydrogen-bond acceptors (Lipinski definition) is 4. The van der Waals surface area contributed by atoms with Crippen molar-refractivity contribution in [3.63, 3.8) is 0 Å². The summed E-state index contributed by atoms with van der Waals surface area (Å²) in [5.41, 5.74) is 1.15. The highest BCUT2D eigenvalue weighted by molar-refractivity contribution is 7.20. The molecule has 1 atom stereocenters. The van der Waals surface area contributed by atoms with E-state index in [2.05, 4.69) is 5.32 Å². The van der Waals surface area contributed by atoms with Gasteiger partial charge in [-0.1, -0.05) is 48.5 Å². The van der Waals surface area contributed by atoms with Crippen LogP contribution in [-0.4, -0.2) is 24.5 Å². The number of benzene rings is 2. The van der Waals surface area contributed by atoms with E-state index < -0.39 is 12.1 Å². The van der Waals surface area contributed by atoms with E-state index in [4.69, 9.17) is 4.74 Å². The molecule has 0 fully saturated rings. The SMILES string of the molecule is C[C@@H](OC(=O)c1cc2ccccc2s1)C(=O)NCCc1ccccc1. The van der Waals surface area contributed by atoms with E-state index >= 15 is 0 Å².